The van der Waals surface area contributed by atoms with Gasteiger partial charge in [-0.2, -0.15) is 0 Å². The van der Waals surface area contributed by atoms with E-state index < -0.39 is 5.97 Å². The van der Waals surface area contributed by atoms with E-state index in [4.69, 9.17) is 9.52 Å². The first-order valence-electron chi connectivity index (χ1n) is 5.21. The third kappa shape index (κ3) is 2.59. The van der Waals surface area contributed by atoms with Crippen molar-refractivity contribution in [2.75, 3.05) is 0 Å². The van der Waals surface area contributed by atoms with Crippen LogP contribution >= 0.6 is 38.5 Å². The fourth-order valence-electron chi connectivity index (χ4n) is 1.54. The average molecular weight is 422 g/mol. The number of aromatic carboxylic acids is 1. The van der Waals surface area contributed by atoms with Gasteiger partial charge in [0, 0.05) is 8.04 Å². The van der Waals surface area contributed by atoms with Crippen LogP contribution in [0, 0.1) is 3.57 Å². The SMILES string of the molecule is CCc1nc(-c2cc(Br)ccc2I)oc1C(=O)O. The number of rotatable bonds is 3. The van der Waals surface area contributed by atoms with E-state index in [1.165, 1.54) is 0 Å². The minimum absolute atomic E-state index is 0.0803. The van der Waals surface area contributed by atoms with Crippen LogP contribution in [-0.4, -0.2) is 16.1 Å². The van der Waals surface area contributed by atoms with Gasteiger partial charge in [-0.3, -0.25) is 0 Å². The minimum Gasteiger partial charge on any atom is -0.475 e. The highest BCUT2D eigenvalue weighted by Crippen LogP contribution is 2.29. The molecule has 4 nitrogen and oxygen atoms in total. The molecule has 18 heavy (non-hydrogen) atoms. The zero-order chi connectivity index (χ0) is 13.3. The van der Waals surface area contributed by atoms with Crippen molar-refractivity contribution in [2.24, 2.45) is 0 Å². The average Bonchev–Trinajstić information content (AvgIpc) is 2.76. The second-order valence-electron chi connectivity index (χ2n) is 3.58. The maximum atomic E-state index is 11.0. The molecule has 94 valence electrons. The summed E-state index contributed by atoms with van der Waals surface area (Å²) >= 11 is 5.54. The molecular formula is C12H9BrINO3. The number of aryl methyl sites for hydroxylation is 1. The van der Waals surface area contributed by atoms with Gasteiger partial charge in [0.15, 0.2) is 0 Å². The number of hydrogen-bond donors (Lipinski definition) is 1. The smallest absolute Gasteiger partial charge is 0.373 e. The molecule has 1 heterocycles. The standard InChI is InChI=1S/C12H9BrINO3/c1-2-9-10(12(16)17)18-11(15-9)7-5-6(13)3-4-8(7)14/h3-5H,2H2,1H3,(H,16,17). The molecule has 0 aliphatic rings. The van der Waals surface area contributed by atoms with E-state index >= 15 is 0 Å². The fourth-order valence-corrected chi connectivity index (χ4v) is 2.46. The molecule has 0 saturated heterocycles. The number of aromatic nitrogens is 1. The van der Waals surface area contributed by atoms with E-state index in [0.717, 1.165) is 13.6 Å². The van der Waals surface area contributed by atoms with Crippen molar-refractivity contribution in [3.8, 4) is 11.5 Å². The van der Waals surface area contributed by atoms with Crippen LogP contribution in [0.15, 0.2) is 27.1 Å². The monoisotopic (exact) mass is 421 g/mol. The Balaban J connectivity index is 2.57. The van der Waals surface area contributed by atoms with Crippen molar-refractivity contribution in [3.05, 3.63) is 37.7 Å². The number of carboxylic acid groups (broad SMARTS) is 1. The molecule has 0 aliphatic carbocycles. The molecular weight excluding hydrogens is 413 g/mol. The van der Waals surface area contributed by atoms with E-state index in [0.29, 0.717) is 18.0 Å². The topological polar surface area (TPSA) is 63.3 Å². The number of carbonyl (C=O) groups is 1. The van der Waals surface area contributed by atoms with Crippen molar-refractivity contribution in [1.29, 1.82) is 0 Å². The van der Waals surface area contributed by atoms with Crippen molar-refractivity contribution in [3.63, 3.8) is 0 Å². The molecule has 0 spiro atoms. The van der Waals surface area contributed by atoms with Crippen molar-refractivity contribution < 1.29 is 14.3 Å². The quantitative estimate of drug-likeness (QED) is 0.761. The summed E-state index contributed by atoms with van der Waals surface area (Å²) in [6.45, 7) is 1.85. The van der Waals surface area contributed by atoms with Crippen LogP contribution in [0.2, 0.25) is 0 Å². The van der Waals surface area contributed by atoms with Gasteiger partial charge >= 0.3 is 5.97 Å². The molecule has 0 atom stereocenters. The highest BCUT2D eigenvalue weighted by Gasteiger charge is 2.20. The largest absolute Gasteiger partial charge is 0.475 e. The Morgan fingerprint density at radius 3 is 2.83 bits per heavy atom. The van der Waals surface area contributed by atoms with Crippen LogP contribution < -0.4 is 0 Å². The Morgan fingerprint density at radius 2 is 2.28 bits per heavy atom. The van der Waals surface area contributed by atoms with Gasteiger partial charge in [0.2, 0.25) is 11.7 Å². The number of oxazole rings is 1. The maximum absolute atomic E-state index is 11.0. The normalized spacial score (nSPS) is 10.6. The van der Waals surface area contributed by atoms with E-state index in [-0.39, 0.29) is 5.76 Å². The first-order valence-corrected chi connectivity index (χ1v) is 7.08. The molecule has 1 aromatic heterocycles. The second-order valence-corrected chi connectivity index (χ2v) is 5.66. The maximum Gasteiger partial charge on any atom is 0.373 e. The van der Waals surface area contributed by atoms with Gasteiger partial charge in [0.25, 0.3) is 0 Å². The van der Waals surface area contributed by atoms with Crippen LogP contribution in [0.3, 0.4) is 0 Å². The summed E-state index contributed by atoms with van der Waals surface area (Å²) in [4.78, 5) is 15.3. The first-order chi connectivity index (χ1) is 8.52. The minimum atomic E-state index is -1.09. The summed E-state index contributed by atoms with van der Waals surface area (Å²) in [6.07, 6.45) is 0.524. The van der Waals surface area contributed by atoms with Gasteiger partial charge < -0.3 is 9.52 Å². The summed E-state index contributed by atoms with van der Waals surface area (Å²) < 4.78 is 7.20. The lowest BCUT2D eigenvalue weighted by molar-refractivity contribution is 0.0662. The predicted molar refractivity (Wildman–Crippen MR) is 78.7 cm³/mol. The zero-order valence-electron chi connectivity index (χ0n) is 9.41. The van der Waals surface area contributed by atoms with Gasteiger partial charge in [-0.1, -0.05) is 22.9 Å². The van der Waals surface area contributed by atoms with E-state index in [1.54, 1.807) is 0 Å². The second kappa shape index (κ2) is 5.40. The molecule has 1 N–H and O–H groups in total. The highest BCUT2D eigenvalue weighted by atomic mass is 127. The number of nitrogens with zero attached hydrogens (tertiary/aromatic N) is 1. The number of benzene rings is 1. The number of halogens is 2. The third-order valence-electron chi connectivity index (χ3n) is 2.39. The van der Waals surface area contributed by atoms with Crippen LogP contribution in [0.5, 0.6) is 0 Å². The summed E-state index contributed by atoms with van der Waals surface area (Å²) in [6, 6.07) is 5.68. The predicted octanol–water partition coefficient (Wildman–Crippen LogP) is 3.97. The summed E-state index contributed by atoms with van der Waals surface area (Å²) in [5.74, 6) is -0.825. The molecule has 0 aliphatic heterocycles. The molecule has 1 aromatic carbocycles. The van der Waals surface area contributed by atoms with Gasteiger partial charge in [-0.25, -0.2) is 9.78 Å². The lowest BCUT2D eigenvalue weighted by atomic mass is 10.2. The molecule has 2 aromatic rings. The van der Waals surface area contributed by atoms with E-state index in [2.05, 4.69) is 43.5 Å². The Kier molecular flexibility index (Phi) is 4.06. The Hall–Kier alpha value is -0.890. The van der Waals surface area contributed by atoms with Crippen molar-refractivity contribution in [1.82, 2.24) is 4.98 Å². The van der Waals surface area contributed by atoms with Gasteiger partial charge in [0.1, 0.15) is 0 Å². The molecule has 0 unspecified atom stereocenters. The number of hydrogen-bond acceptors (Lipinski definition) is 3. The highest BCUT2D eigenvalue weighted by molar-refractivity contribution is 14.1. The fraction of sp³-hybridized carbons (Fsp3) is 0.167. The van der Waals surface area contributed by atoms with Gasteiger partial charge in [-0.15, -0.1) is 0 Å². The molecule has 0 fully saturated rings. The van der Waals surface area contributed by atoms with Crippen molar-refractivity contribution >= 4 is 44.5 Å². The van der Waals surface area contributed by atoms with Crippen LogP contribution in [0.1, 0.15) is 23.2 Å². The summed E-state index contributed by atoms with van der Waals surface area (Å²) in [5, 5.41) is 9.04. The van der Waals surface area contributed by atoms with Crippen LogP contribution in [0.4, 0.5) is 0 Å². The van der Waals surface area contributed by atoms with Crippen LogP contribution in [-0.2, 0) is 6.42 Å². The molecule has 2 rings (SSSR count). The third-order valence-corrected chi connectivity index (χ3v) is 3.82. The van der Waals surface area contributed by atoms with E-state index in [9.17, 15) is 4.79 Å². The Morgan fingerprint density at radius 1 is 1.56 bits per heavy atom. The van der Waals surface area contributed by atoms with E-state index in [1.807, 2.05) is 25.1 Å². The van der Waals surface area contributed by atoms with Gasteiger partial charge in [-0.05, 0) is 47.2 Å². The lowest BCUT2D eigenvalue weighted by Gasteiger charge is -2.00. The molecule has 0 bridgehead atoms. The molecule has 0 amide bonds. The summed E-state index contributed by atoms with van der Waals surface area (Å²) in [7, 11) is 0. The van der Waals surface area contributed by atoms with Crippen molar-refractivity contribution in [2.45, 2.75) is 13.3 Å². The van der Waals surface area contributed by atoms with Gasteiger partial charge in [0.05, 0.1) is 11.3 Å². The zero-order valence-corrected chi connectivity index (χ0v) is 13.1. The number of carboxylic acids is 1. The van der Waals surface area contributed by atoms with Crippen LogP contribution in [0.25, 0.3) is 11.5 Å². The first kappa shape index (κ1) is 13.5. The Bertz CT molecular complexity index is 609. The molecule has 0 radical (unpaired) electrons. The molecule has 0 saturated carbocycles. The molecule has 6 heteroatoms. The lowest BCUT2D eigenvalue weighted by Crippen LogP contribution is -1.98. The Labute approximate surface area is 126 Å². The summed E-state index contributed by atoms with van der Waals surface area (Å²) in [5.41, 5.74) is 1.25.